The van der Waals surface area contributed by atoms with E-state index < -0.39 is 0 Å². The van der Waals surface area contributed by atoms with Gasteiger partial charge in [0.25, 0.3) is 5.91 Å². The molecule has 166 valence electrons. The normalized spacial score (nSPS) is 18.9. The Labute approximate surface area is 185 Å². The number of nitrogens with one attached hydrogen (secondary N) is 1. The zero-order valence-electron chi connectivity index (χ0n) is 18.4. The van der Waals surface area contributed by atoms with E-state index in [0.717, 1.165) is 69.0 Å². The van der Waals surface area contributed by atoms with Crippen LogP contribution in [-0.4, -0.2) is 75.3 Å². The zero-order chi connectivity index (χ0) is 21.5. The molecule has 0 aliphatic carbocycles. The number of carbonyl (C=O) groups excluding carboxylic acids is 1. The number of ether oxygens (including phenoxy) is 2. The number of hydrogen-bond donors (Lipinski definition) is 1. The van der Waals surface area contributed by atoms with E-state index in [4.69, 9.17) is 9.47 Å². The average molecular weight is 424 g/mol. The third-order valence-electron chi connectivity index (χ3n) is 5.94. The number of likely N-dealkylation sites (N-methyl/N-ethyl adjacent to an activating group) is 1. The molecule has 0 saturated carbocycles. The van der Waals surface area contributed by atoms with Crippen LogP contribution in [-0.2, 0) is 17.7 Å². The van der Waals surface area contributed by atoms with Crippen molar-refractivity contribution in [3.8, 4) is 5.75 Å². The van der Waals surface area contributed by atoms with E-state index in [-0.39, 0.29) is 5.91 Å². The highest BCUT2D eigenvalue weighted by atomic mass is 16.5. The number of hydrogen-bond acceptors (Lipinski definition) is 5. The SMILES string of the molecule is CN1CCCN(C(=O)c2ccc3c(c2)Cc2cccc(c2)CNCCOCCO3)CC1. The third kappa shape index (κ3) is 6.06. The molecule has 1 N–H and O–H groups in total. The lowest BCUT2D eigenvalue weighted by atomic mass is 9.99. The van der Waals surface area contributed by atoms with Crippen LogP contribution in [0.25, 0.3) is 0 Å². The quantitative estimate of drug-likeness (QED) is 0.764. The molecule has 0 atom stereocenters. The molecule has 6 nitrogen and oxygen atoms in total. The number of nitrogens with zero attached hydrogens (tertiary/aromatic N) is 2. The van der Waals surface area contributed by atoms with Crippen molar-refractivity contribution >= 4 is 5.91 Å². The molecule has 6 heteroatoms. The van der Waals surface area contributed by atoms with Crippen LogP contribution >= 0.6 is 0 Å². The fourth-order valence-electron chi connectivity index (χ4n) is 4.18. The molecular weight excluding hydrogens is 390 g/mol. The van der Waals surface area contributed by atoms with Crippen molar-refractivity contribution < 1.29 is 14.3 Å². The molecule has 1 saturated heterocycles. The van der Waals surface area contributed by atoms with E-state index in [1.807, 2.05) is 23.1 Å². The van der Waals surface area contributed by atoms with Crippen LogP contribution < -0.4 is 10.1 Å². The number of rotatable bonds is 1. The summed E-state index contributed by atoms with van der Waals surface area (Å²) in [6.45, 7) is 6.89. The highest BCUT2D eigenvalue weighted by Crippen LogP contribution is 2.25. The second-order valence-electron chi connectivity index (χ2n) is 8.41. The lowest BCUT2D eigenvalue weighted by molar-refractivity contribution is 0.0762. The molecular formula is C25H33N3O3. The molecule has 0 radical (unpaired) electrons. The van der Waals surface area contributed by atoms with Gasteiger partial charge in [-0.05, 0) is 54.9 Å². The molecule has 31 heavy (non-hydrogen) atoms. The smallest absolute Gasteiger partial charge is 0.253 e. The maximum absolute atomic E-state index is 13.2. The highest BCUT2D eigenvalue weighted by molar-refractivity contribution is 5.94. The summed E-state index contributed by atoms with van der Waals surface area (Å²) in [5.74, 6) is 0.940. The number of carbonyl (C=O) groups is 1. The van der Waals surface area contributed by atoms with Gasteiger partial charge < -0.3 is 24.6 Å². The Kier molecular flexibility index (Phi) is 7.57. The molecule has 1 amide bonds. The summed E-state index contributed by atoms with van der Waals surface area (Å²) in [7, 11) is 2.12. The van der Waals surface area contributed by atoms with Gasteiger partial charge in [0.1, 0.15) is 12.4 Å². The van der Waals surface area contributed by atoms with Crippen LogP contribution in [0, 0.1) is 0 Å². The molecule has 0 unspecified atom stereocenters. The second-order valence-corrected chi connectivity index (χ2v) is 8.41. The minimum Gasteiger partial charge on any atom is -0.491 e. The van der Waals surface area contributed by atoms with Crippen LogP contribution in [0.2, 0.25) is 0 Å². The van der Waals surface area contributed by atoms with Gasteiger partial charge in [0.15, 0.2) is 0 Å². The Morgan fingerprint density at radius 3 is 2.81 bits per heavy atom. The summed E-state index contributed by atoms with van der Waals surface area (Å²) in [4.78, 5) is 17.5. The first-order valence-electron chi connectivity index (χ1n) is 11.3. The van der Waals surface area contributed by atoms with Gasteiger partial charge in [0.2, 0.25) is 0 Å². The molecule has 0 aromatic heterocycles. The van der Waals surface area contributed by atoms with Gasteiger partial charge in [0.05, 0.1) is 13.2 Å². The summed E-state index contributed by atoms with van der Waals surface area (Å²) < 4.78 is 11.7. The van der Waals surface area contributed by atoms with Gasteiger partial charge in [-0.3, -0.25) is 4.79 Å². The molecule has 2 aliphatic rings. The summed E-state index contributed by atoms with van der Waals surface area (Å²) in [6, 6.07) is 14.5. The fraction of sp³-hybridized carbons (Fsp3) is 0.480. The van der Waals surface area contributed by atoms with Gasteiger partial charge in [-0.2, -0.15) is 0 Å². The van der Waals surface area contributed by atoms with Crippen LogP contribution in [0.4, 0.5) is 0 Å². The van der Waals surface area contributed by atoms with Crippen molar-refractivity contribution in [1.82, 2.24) is 15.1 Å². The first-order valence-corrected chi connectivity index (χ1v) is 11.3. The summed E-state index contributed by atoms with van der Waals surface area (Å²) >= 11 is 0. The van der Waals surface area contributed by atoms with Gasteiger partial charge in [0, 0.05) is 44.7 Å². The van der Waals surface area contributed by atoms with E-state index in [1.54, 1.807) is 0 Å². The van der Waals surface area contributed by atoms with Crippen LogP contribution in [0.5, 0.6) is 5.75 Å². The largest absolute Gasteiger partial charge is 0.491 e. The molecule has 0 spiro atoms. The van der Waals surface area contributed by atoms with Crippen LogP contribution in [0.1, 0.15) is 33.5 Å². The Morgan fingerprint density at radius 1 is 0.968 bits per heavy atom. The predicted octanol–water partition coefficient (Wildman–Crippen LogP) is 2.55. The van der Waals surface area contributed by atoms with E-state index in [1.165, 1.54) is 11.1 Å². The topological polar surface area (TPSA) is 54.0 Å². The van der Waals surface area contributed by atoms with Crippen molar-refractivity contribution in [1.29, 1.82) is 0 Å². The van der Waals surface area contributed by atoms with Gasteiger partial charge in [-0.25, -0.2) is 0 Å². The van der Waals surface area contributed by atoms with Crippen molar-refractivity contribution in [3.63, 3.8) is 0 Å². The zero-order valence-corrected chi connectivity index (χ0v) is 18.4. The Bertz CT molecular complexity index is 886. The molecule has 2 aliphatic heterocycles. The number of benzene rings is 2. The average Bonchev–Trinajstić information content (AvgIpc) is 3.00. The third-order valence-corrected chi connectivity index (χ3v) is 5.94. The minimum absolute atomic E-state index is 0.110. The maximum atomic E-state index is 13.2. The van der Waals surface area contributed by atoms with Gasteiger partial charge >= 0.3 is 0 Å². The van der Waals surface area contributed by atoms with E-state index in [0.29, 0.717) is 19.8 Å². The first kappa shape index (κ1) is 21.8. The minimum atomic E-state index is 0.110. The summed E-state index contributed by atoms with van der Waals surface area (Å²) in [6.07, 6.45) is 1.74. The first-order chi connectivity index (χ1) is 15.2. The molecule has 4 rings (SSSR count). The van der Waals surface area contributed by atoms with Crippen molar-refractivity contribution in [2.24, 2.45) is 0 Å². The Hall–Kier alpha value is -2.41. The fourth-order valence-corrected chi connectivity index (χ4v) is 4.18. The lowest BCUT2D eigenvalue weighted by Crippen LogP contribution is -2.34. The molecule has 1 fully saturated rings. The van der Waals surface area contributed by atoms with Crippen molar-refractivity contribution in [2.45, 2.75) is 19.4 Å². The van der Waals surface area contributed by atoms with Crippen LogP contribution in [0.15, 0.2) is 42.5 Å². The number of amides is 1. The van der Waals surface area contributed by atoms with E-state index in [9.17, 15) is 4.79 Å². The second kappa shape index (κ2) is 10.8. The summed E-state index contributed by atoms with van der Waals surface area (Å²) in [5, 5.41) is 3.42. The van der Waals surface area contributed by atoms with Crippen molar-refractivity contribution in [2.75, 3.05) is 59.6 Å². The standard InChI is InChI=1S/C25H33N3O3/c1-27-9-3-10-28(12-11-27)25(29)22-6-7-24-23(18-22)17-20-4-2-5-21(16-20)19-26-8-13-30-14-15-31-24/h2,4-7,16,18,26H,3,8-15,17,19H2,1H3. The van der Waals surface area contributed by atoms with Gasteiger partial charge in [-0.15, -0.1) is 0 Å². The Morgan fingerprint density at radius 2 is 1.87 bits per heavy atom. The molecule has 2 heterocycles. The van der Waals surface area contributed by atoms with Crippen molar-refractivity contribution in [3.05, 3.63) is 64.7 Å². The highest BCUT2D eigenvalue weighted by Gasteiger charge is 2.20. The molecule has 2 bridgehead atoms. The molecule has 2 aromatic rings. The lowest BCUT2D eigenvalue weighted by Gasteiger charge is -2.21. The maximum Gasteiger partial charge on any atom is 0.253 e. The van der Waals surface area contributed by atoms with E-state index >= 15 is 0 Å². The predicted molar refractivity (Wildman–Crippen MR) is 122 cm³/mol. The Balaban J connectivity index is 1.59. The van der Waals surface area contributed by atoms with Crippen LogP contribution in [0.3, 0.4) is 0 Å². The molecule has 2 aromatic carbocycles. The number of fused-ring (bicyclic) bond motifs is 3. The monoisotopic (exact) mass is 423 g/mol. The van der Waals surface area contributed by atoms with E-state index in [2.05, 4.69) is 41.5 Å². The van der Waals surface area contributed by atoms with Gasteiger partial charge in [-0.1, -0.05) is 24.3 Å². The summed E-state index contributed by atoms with van der Waals surface area (Å²) in [5.41, 5.74) is 4.25.